The fraction of sp³-hybridized carbons (Fsp3) is 0.400. The second-order valence-corrected chi connectivity index (χ2v) is 5.78. The second kappa shape index (κ2) is 6.78. The fourth-order valence-electron chi connectivity index (χ4n) is 1.98. The van der Waals surface area contributed by atoms with Crippen LogP contribution in [0.15, 0.2) is 46.5 Å². The van der Waals surface area contributed by atoms with Crippen molar-refractivity contribution in [2.75, 3.05) is 6.54 Å². The van der Waals surface area contributed by atoms with E-state index in [0.717, 1.165) is 13.0 Å². The van der Waals surface area contributed by atoms with Gasteiger partial charge in [0.1, 0.15) is 0 Å². The monoisotopic (exact) mass is 275 g/mol. The minimum absolute atomic E-state index is 0.375. The molecule has 0 amide bonds. The zero-order valence-corrected chi connectivity index (χ0v) is 12.6. The first kappa shape index (κ1) is 14.2. The lowest BCUT2D eigenvalue weighted by Gasteiger charge is -2.17. The molecule has 0 radical (unpaired) electrons. The van der Waals surface area contributed by atoms with Gasteiger partial charge >= 0.3 is 0 Å². The molecular formula is C15H21N3S. The average Bonchev–Trinajstić information content (AvgIpc) is 2.82. The molecule has 2 rings (SSSR count). The van der Waals surface area contributed by atoms with E-state index in [1.54, 1.807) is 11.8 Å². The highest BCUT2D eigenvalue weighted by Crippen LogP contribution is 2.32. The lowest BCUT2D eigenvalue weighted by atomic mass is 10.1. The van der Waals surface area contributed by atoms with E-state index in [4.69, 9.17) is 0 Å². The van der Waals surface area contributed by atoms with Crippen LogP contribution in [0.25, 0.3) is 0 Å². The minimum Gasteiger partial charge on any atom is -0.310 e. The summed E-state index contributed by atoms with van der Waals surface area (Å²) in [6.07, 6.45) is 5.11. The smallest absolute Gasteiger partial charge is 0.0629 e. The number of hydrogen-bond acceptors (Lipinski definition) is 3. The first-order valence-corrected chi connectivity index (χ1v) is 7.51. The zero-order chi connectivity index (χ0) is 13.7. The summed E-state index contributed by atoms with van der Waals surface area (Å²) in [6.45, 7) is 5.46. The summed E-state index contributed by atoms with van der Waals surface area (Å²) in [6, 6.07) is 8.95. The van der Waals surface area contributed by atoms with Gasteiger partial charge in [0, 0.05) is 24.2 Å². The number of rotatable bonds is 6. The molecule has 0 aliphatic rings. The normalized spacial score (nSPS) is 12.6. The van der Waals surface area contributed by atoms with Gasteiger partial charge in [-0.25, -0.2) is 0 Å². The van der Waals surface area contributed by atoms with Crippen molar-refractivity contribution in [2.24, 2.45) is 7.05 Å². The van der Waals surface area contributed by atoms with E-state index >= 15 is 0 Å². The molecule has 0 saturated carbocycles. The van der Waals surface area contributed by atoms with Crippen LogP contribution >= 0.6 is 11.8 Å². The minimum atomic E-state index is 0.375. The Morgan fingerprint density at radius 2 is 2.16 bits per heavy atom. The molecule has 4 heteroatoms. The summed E-state index contributed by atoms with van der Waals surface area (Å²) in [5.41, 5.74) is 1.35. The Balaban J connectivity index is 2.16. The van der Waals surface area contributed by atoms with Crippen LogP contribution in [0.3, 0.4) is 0 Å². The van der Waals surface area contributed by atoms with E-state index < -0.39 is 0 Å². The predicted molar refractivity (Wildman–Crippen MR) is 80.5 cm³/mol. The van der Waals surface area contributed by atoms with Gasteiger partial charge in [-0.1, -0.05) is 36.9 Å². The van der Waals surface area contributed by atoms with Crippen molar-refractivity contribution >= 4 is 11.8 Å². The molecule has 0 saturated heterocycles. The van der Waals surface area contributed by atoms with Gasteiger partial charge in [0.05, 0.1) is 11.1 Å². The Morgan fingerprint density at radius 1 is 1.37 bits per heavy atom. The van der Waals surface area contributed by atoms with Crippen molar-refractivity contribution in [2.45, 2.75) is 36.1 Å². The lowest BCUT2D eigenvalue weighted by Crippen LogP contribution is -2.19. The zero-order valence-electron chi connectivity index (χ0n) is 11.8. The molecule has 1 heterocycles. The first-order valence-electron chi connectivity index (χ1n) is 6.69. The summed E-state index contributed by atoms with van der Waals surface area (Å²) in [5, 5.41) is 7.76. The molecule has 19 heavy (non-hydrogen) atoms. The Morgan fingerprint density at radius 3 is 2.84 bits per heavy atom. The van der Waals surface area contributed by atoms with Crippen molar-refractivity contribution < 1.29 is 0 Å². The molecule has 0 fully saturated rings. The third-order valence-electron chi connectivity index (χ3n) is 3.00. The lowest BCUT2D eigenvalue weighted by molar-refractivity contribution is 0.564. The second-order valence-electron chi connectivity index (χ2n) is 4.67. The Hall–Kier alpha value is -1.26. The Labute approximate surface area is 119 Å². The third kappa shape index (κ3) is 3.85. The van der Waals surface area contributed by atoms with E-state index in [0.29, 0.717) is 6.04 Å². The molecule has 0 spiro atoms. The summed E-state index contributed by atoms with van der Waals surface area (Å²) in [4.78, 5) is 2.48. The van der Waals surface area contributed by atoms with Crippen LogP contribution in [-0.2, 0) is 7.05 Å². The van der Waals surface area contributed by atoms with Crippen molar-refractivity contribution in [3.8, 4) is 0 Å². The number of hydrogen-bond donors (Lipinski definition) is 1. The molecule has 102 valence electrons. The van der Waals surface area contributed by atoms with Crippen LogP contribution in [0, 0.1) is 0 Å². The molecule has 0 bridgehead atoms. The topological polar surface area (TPSA) is 29.9 Å². The maximum atomic E-state index is 4.22. The number of nitrogens with one attached hydrogen (secondary N) is 1. The van der Waals surface area contributed by atoms with E-state index in [2.05, 4.69) is 48.5 Å². The van der Waals surface area contributed by atoms with Gasteiger partial charge in [-0.05, 0) is 31.5 Å². The Kier molecular flexibility index (Phi) is 5.05. The highest BCUT2D eigenvalue weighted by molar-refractivity contribution is 7.99. The molecule has 1 N–H and O–H groups in total. The Bertz CT molecular complexity index is 522. The standard InChI is InChI=1S/C15H21N3S/c1-4-9-16-12(2)14-7-5-6-8-15(14)19-13-10-17-18(3)11-13/h5-8,10-12,16H,4,9H2,1-3H3. The van der Waals surface area contributed by atoms with Gasteiger partial charge in [-0.2, -0.15) is 5.10 Å². The van der Waals surface area contributed by atoms with Crippen molar-refractivity contribution in [3.63, 3.8) is 0 Å². The number of benzene rings is 1. The number of aryl methyl sites for hydroxylation is 1. The van der Waals surface area contributed by atoms with Gasteiger partial charge in [0.2, 0.25) is 0 Å². The summed E-state index contributed by atoms with van der Waals surface area (Å²) in [5.74, 6) is 0. The van der Waals surface area contributed by atoms with Gasteiger partial charge in [0.25, 0.3) is 0 Å². The number of aromatic nitrogens is 2. The summed E-state index contributed by atoms with van der Waals surface area (Å²) in [7, 11) is 1.95. The summed E-state index contributed by atoms with van der Waals surface area (Å²) < 4.78 is 1.84. The molecule has 1 unspecified atom stereocenters. The maximum absolute atomic E-state index is 4.22. The first-order chi connectivity index (χ1) is 9.20. The highest BCUT2D eigenvalue weighted by atomic mass is 32.2. The molecule has 2 aromatic rings. The fourth-order valence-corrected chi connectivity index (χ4v) is 3.05. The average molecular weight is 275 g/mol. The van der Waals surface area contributed by atoms with Gasteiger partial charge in [0.15, 0.2) is 0 Å². The van der Waals surface area contributed by atoms with Crippen LogP contribution in [0.1, 0.15) is 31.9 Å². The SMILES string of the molecule is CCCNC(C)c1ccccc1Sc1cnn(C)c1. The van der Waals surface area contributed by atoms with E-state index in [-0.39, 0.29) is 0 Å². The van der Waals surface area contributed by atoms with E-state index in [9.17, 15) is 0 Å². The van der Waals surface area contributed by atoms with Gasteiger partial charge in [-0.15, -0.1) is 0 Å². The molecule has 0 aliphatic heterocycles. The van der Waals surface area contributed by atoms with E-state index in [1.165, 1.54) is 15.4 Å². The molecule has 3 nitrogen and oxygen atoms in total. The number of nitrogens with zero attached hydrogens (tertiary/aromatic N) is 2. The van der Waals surface area contributed by atoms with Crippen molar-refractivity contribution in [3.05, 3.63) is 42.2 Å². The maximum Gasteiger partial charge on any atom is 0.0629 e. The van der Waals surface area contributed by atoms with Crippen LogP contribution in [-0.4, -0.2) is 16.3 Å². The van der Waals surface area contributed by atoms with Crippen LogP contribution in [0.2, 0.25) is 0 Å². The van der Waals surface area contributed by atoms with Crippen LogP contribution in [0.5, 0.6) is 0 Å². The quantitative estimate of drug-likeness (QED) is 0.873. The molecule has 1 atom stereocenters. The summed E-state index contributed by atoms with van der Waals surface area (Å²) >= 11 is 1.77. The van der Waals surface area contributed by atoms with Gasteiger partial charge in [-0.3, -0.25) is 4.68 Å². The largest absolute Gasteiger partial charge is 0.310 e. The van der Waals surface area contributed by atoms with Crippen molar-refractivity contribution in [1.82, 2.24) is 15.1 Å². The van der Waals surface area contributed by atoms with E-state index in [1.807, 2.05) is 24.1 Å². The highest BCUT2D eigenvalue weighted by Gasteiger charge is 2.11. The third-order valence-corrected chi connectivity index (χ3v) is 4.03. The van der Waals surface area contributed by atoms with Gasteiger partial charge < -0.3 is 5.32 Å². The molecular weight excluding hydrogens is 254 g/mol. The molecule has 1 aromatic heterocycles. The molecule has 0 aliphatic carbocycles. The van der Waals surface area contributed by atoms with Crippen LogP contribution < -0.4 is 5.32 Å². The van der Waals surface area contributed by atoms with Crippen molar-refractivity contribution in [1.29, 1.82) is 0 Å². The predicted octanol–water partition coefficient (Wildman–Crippen LogP) is 3.63. The molecule has 1 aromatic carbocycles. The van der Waals surface area contributed by atoms with Crippen LogP contribution in [0.4, 0.5) is 0 Å².